The van der Waals surface area contributed by atoms with E-state index in [4.69, 9.17) is 0 Å². The molecule has 0 heterocycles. The van der Waals surface area contributed by atoms with Crippen LogP contribution in [0.2, 0.25) is 0 Å². The van der Waals surface area contributed by atoms with Gasteiger partial charge in [-0.05, 0) is 5.92 Å². The Balaban J connectivity index is 3.66. The maximum atomic E-state index is 11.7. The SMILES string of the molecule is CCC(CC)CC(=O)CNCC(F)(F)F. The second-order valence-electron chi connectivity index (χ2n) is 3.64. The molecule has 90 valence electrons. The van der Waals surface area contributed by atoms with Gasteiger partial charge in [0.15, 0.2) is 0 Å². The van der Waals surface area contributed by atoms with Crippen molar-refractivity contribution in [1.29, 1.82) is 0 Å². The minimum Gasteiger partial charge on any atom is -0.302 e. The summed E-state index contributed by atoms with van der Waals surface area (Å²) in [5.74, 6) is 0.151. The van der Waals surface area contributed by atoms with Gasteiger partial charge in [-0.1, -0.05) is 26.7 Å². The van der Waals surface area contributed by atoms with E-state index in [-0.39, 0.29) is 12.3 Å². The van der Waals surface area contributed by atoms with Crippen molar-refractivity contribution >= 4 is 5.78 Å². The molecule has 0 spiro atoms. The van der Waals surface area contributed by atoms with Gasteiger partial charge < -0.3 is 5.32 Å². The van der Waals surface area contributed by atoms with Gasteiger partial charge >= 0.3 is 6.18 Å². The number of alkyl halides is 3. The van der Waals surface area contributed by atoms with Crippen LogP contribution in [-0.4, -0.2) is 25.0 Å². The molecule has 0 aromatic heterocycles. The molecule has 0 unspecified atom stereocenters. The van der Waals surface area contributed by atoms with Crippen molar-refractivity contribution in [3.05, 3.63) is 0 Å². The highest BCUT2D eigenvalue weighted by atomic mass is 19.4. The van der Waals surface area contributed by atoms with Gasteiger partial charge in [0.1, 0.15) is 5.78 Å². The molecule has 0 aliphatic heterocycles. The molecule has 0 rings (SSSR count). The fourth-order valence-electron chi connectivity index (χ4n) is 1.32. The molecule has 2 nitrogen and oxygen atoms in total. The summed E-state index contributed by atoms with van der Waals surface area (Å²) in [6, 6.07) is 0. The third kappa shape index (κ3) is 8.42. The van der Waals surface area contributed by atoms with Crippen molar-refractivity contribution in [2.45, 2.75) is 39.3 Å². The van der Waals surface area contributed by atoms with E-state index in [2.05, 4.69) is 5.32 Å². The lowest BCUT2D eigenvalue weighted by Crippen LogP contribution is -2.33. The van der Waals surface area contributed by atoms with E-state index in [1.807, 2.05) is 13.8 Å². The van der Waals surface area contributed by atoms with Crippen molar-refractivity contribution in [1.82, 2.24) is 5.32 Å². The van der Waals surface area contributed by atoms with Gasteiger partial charge in [-0.25, -0.2) is 0 Å². The van der Waals surface area contributed by atoms with Gasteiger partial charge in [0, 0.05) is 6.42 Å². The number of rotatable bonds is 7. The molecule has 5 heteroatoms. The topological polar surface area (TPSA) is 29.1 Å². The van der Waals surface area contributed by atoms with Gasteiger partial charge in [0.25, 0.3) is 0 Å². The Kier molecular flexibility index (Phi) is 6.56. The van der Waals surface area contributed by atoms with Crippen LogP contribution in [0.15, 0.2) is 0 Å². The lowest BCUT2D eigenvalue weighted by Gasteiger charge is -2.12. The number of nitrogens with one attached hydrogen (secondary N) is 1. The van der Waals surface area contributed by atoms with Gasteiger partial charge in [-0.15, -0.1) is 0 Å². The minimum atomic E-state index is -4.24. The van der Waals surface area contributed by atoms with Crippen LogP contribution in [0.4, 0.5) is 13.2 Å². The van der Waals surface area contributed by atoms with E-state index in [9.17, 15) is 18.0 Å². The maximum Gasteiger partial charge on any atom is 0.401 e. The number of ketones is 1. The molecule has 0 aromatic carbocycles. The molecule has 0 aliphatic rings. The molecule has 1 N–H and O–H groups in total. The van der Waals surface area contributed by atoms with E-state index in [0.29, 0.717) is 12.3 Å². The van der Waals surface area contributed by atoms with Gasteiger partial charge in [-0.2, -0.15) is 13.2 Å². The van der Waals surface area contributed by atoms with Crippen molar-refractivity contribution in [3.8, 4) is 0 Å². The molecule has 0 aromatic rings. The molecule has 0 atom stereocenters. The molecule has 0 bridgehead atoms. The first kappa shape index (κ1) is 14.4. The number of halogens is 3. The van der Waals surface area contributed by atoms with Crippen LogP contribution < -0.4 is 5.32 Å². The minimum absolute atomic E-state index is 0.145. The second-order valence-corrected chi connectivity index (χ2v) is 3.64. The van der Waals surface area contributed by atoms with Gasteiger partial charge in [0.2, 0.25) is 0 Å². The Bertz CT molecular complexity index is 188. The average molecular weight is 225 g/mol. The monoisotopic (exact) mass is 225 g/mol. The van der Waals surface area contributed by atoms with Crippen LogP contribution in [0.25, 0.3) is 0 Å². The molecule has 0 saturated carbocycles. The summed E-state index contributed by atoms with van der Waals surface area (Å²) in [7, 11) is 0. The van der Waals surface area contributed by atoms with Crippen LogP contribution in [-0.2, 0) is 4.79 Å². The Hall–Kier alpha value is -0.580. The first-order valence-electron chi connectivity index (χ1n) is 5.18. The molecule has 0 saturated heterocycles. The van der Waals surface area contributed by atoms with Crippen molar-refractivity contribution in [2.75, 3.05) is 13.1 Å². The predicted molar refractivity (Wildman–Crippen MR) is 52.6 cm³/mol. The van der Waals surface area contributed by atoms with Gasteiger partial charge in [-0.3, -0.25) is 4.79 Å². The first-order valence-corrected chi connectivity index (χ1v) is 5.18. The molecule has 0 fully saturated rings. The van der Waals surface area contributed by atoms with Crippen LogP contribution in [0.3, 0.4) is 0 Å². The van der Waals surface area contributed by atoms with Crippen LogP contribution >= 0.6 is 0 Å². The molecule has 0 radical (unpaired) electrons. The zero-order valence-electron chi connectivity index (χ0n) is 9.16. The zero-order valence-corrected chi connectivity index (χ0v) is 9.16. The highest BCUT2D eigenvalue weighted by Crippen LogP contribution is 2.13. The molecule has 0 aliphatic carbocycles. The van der Waals surface area contributed by atoms with E-state index >= 15 is 0 Å². The summed E-state index contributed by atoms with van der Waals surface area (Å²) in [4.78, 5) is 11.2. The maximum absolute atomic E-state index is 11.7. The fraction of sp³-hybridized carbons (Fsp3) is 0.900. The van der Waals surface area contributed by atoms with Crippen molar-refractivity contribution in [2.24, 2.45) is 5.92 Å². The largest absolute Gasteiger partial charge is 0.401 e. The third-order valence-corrected chi connectivity index (χ3v) is 2.32. The van der Waals surface area contributed by atoms with E-state index in [1.54, 1.807) is 0 Å². The Morgan fingerprint density at radius 1 is 1.27 bits per heavy atom. The fourth-order valence-corrected chi connectivity index (χ4v) is 1.32. The lowest BCUT2D eigenvalue weighted by atomic mass is 9.97. The number of hydrogen-bond donors (Lipinski definition) is 1. The van der Waals surface area contributed by atoms with E-state index in [1.165, 1.54) is 0 Å². The normalized spacial score (nSPS) is 12.1. The molecular formula is C10H18F3NO. The Morgan fingerprint density at radius 2 is 1.80 bits per heavy atom. The summed E-state index contributed by atoms with van der Waals surface area (Å²) in [5, 5.41) is 2.10. The van der Waals surface area contributed by atoms with Gasteiger partial charge in [0.05, 0.1) is 13.1 Å². The third-order valence-electron chi connectivity index (χ3n) is 2.32. The van der Waals surface area contributed by atoms with Crippen LogP contribution in [0, 0.1) is 5.92 Å². The van der Waals surface area contributed by atoms with Crippen molar-refractivity contribution < 1.29 is 18.0 Å². The smallest absolute Gasteiger partial charge is 0.302 e. The molecule has 15 heavy (non-hydrogen) atoms. The number of carbonyl (C=O) groups excluding carboxylic acids is 1. The summed E-state index contributed by atoms with van der Waals surface area (Å²) in [6.07, 6.45) is -2.09. The zero-order chi connectivity index (χ0) is 11.9. The summed E-state index contributed by atoms with van der Waals surface area (Å²) in [6.45, 7) is 2.67. The average Bonchev–Trinajstić information content (AvgIpc) is 2.12. The van der Waals surface area contributed by atoms with E-state index < -0.39 is 12.7 Å². The molecule has 0 amide bonds. The lowest BCUT2D eigenvalue weighted by molar-refractivity contribution is -0.128. The summed E-state index contributed by atoms with van der Waals surface area (Å²) >= 11 is 0. The molecular weight excluding hydrogens is 207 g/mol. The van der Waals surface area contributed by atoms with Crippen molar-refractivity contribution in [3.63, 3.8) is 0 Å². The number of carbonyl (C=O) groups is 1. The first-order chi connectivity index (χ1) is 6.89. The summed E-state index contributed by atoms with van der Waals surface area (Å²) < 4.78 is 35.2. The quantitative estimate of drug-likeness (QED) is 0.721. The Morgan fingerprint density at radius 3 is 2.20 bits per heavy atom. The van der Waals surface area contributed by atoms with E-state index in [0.717, 1.165) is 12.8 Å². The highest BCUT2D eigenvalue weighted by Gasteiger charge is 2.26. The predicted octanol–water partition coefficient (Wildman–Crippen LogP) is 2.53. The van der Waals surface area contributed by atoms with Crippen LogP contribution in [0.5, 0.6) is 0 Å². The second kappa shape index (κ2) is 6.82. The standard InChI is InChI=1S/C10H18F3NO/c1-3-8(4-2)5-9(15)6-14-7-10(11,12)13/h8,14H,3-7H2,1-2H3. The number of hydrogen-bond acceptors (Lipinski definition) is 2. The highest BCUT2D eigenvalue weighted by molar-refractivity contribution is 5.80. The Labute approximate surface area is 88.2 Å². The summed E-state index contributed by atoms with van der Waals surface area (Å²) in [5.41, 5.74) is 0. The van der Waals surface area contributed by atoms with Crippen LogP contribution in [0.1, 0.15) is 33.1 Å². The number of Topliss-reactive ketones (excluding diaryl/α,β-unsaturated/α-hetero) is 1.